The van der Waals surface area contributed by atoms with Crippen molar-refractivity contribution >= 4 is 52.3 Å². The number of phenolic OH excluding ortho intramolecular Hbond substituents is 1. The molecule has 2 aromatic rings. The first-order valence-electron chi connectivity index (χ1n) is 6.86. The van der Waals surface area contributed by atoms with E-state index in [2.05, 4.69) is 20.9 Å². The highest BCUT2D eigenvalue weighted by Gasteiger charge is 2.20. The second-order valence-electron chi connectivity index (χ2n) is 4.86. The largest absolute Gasteiger partial charge is 0.507 e. The molecular formula is C16H11ClN4O2S. The molecule has 1 aliphatic heterocycles. The molecule has 0 unspecified atom stereocenters. The maximum absolute atomic E-state index is 11.7. The Balaban J connectivity index is 1.90. The third-order valence-corrected chi connectivity index (χ3v) is 3.68. The summed E-state index contributed by atoms with van der Waals surface area (Å²) in [5.41, 5.74) is 1.69. The molecule has 0 aromatic heterocycles. The number of carbonyl (C=O) groups excluding carboxylic acids is 1. The third-order valence-electron chi connectivity index (χ3n) is 3.16. The van der Waals surface area contributed by atoms with Gasteiger partial charge in [-0.3, -0.25) is 10.1 Å². The van der Waals surface area contributed by atoms with Gasteiger partial charge in [0.15, 0.2) is 5.11 Å². The van der Waals surface area contributed by atoms with Crippen LogP contribution in [0.4, 0.5) is 11.4 Å². The van der Waals surface area contributed by atoms with Crippen molar-refractivity contribution in [2.45, 2.75) is 0 Å². The summed E-state index contributed by atoms with van der Waals surface area (Å²) < 4.78 is 0. The van der Waals surface area contributed by atoms with Gasteiger partial charge in [-0.05, 0) is 48.6 Å². The van der Waals surface area contributed by atoms with Gasteiger partial charge in [0.2, 0.25) is 0 Å². The maximum Gasteiger partial charge on any atom is 0.273 e. The van der Waals surface area contributed by atoms with Crippen molar-refractivity contribution in [3.63, 3.8) is 0 Å². The Kier molecular flexibility index (Phi) is 4.54. The molecule has 0 bridgehead atoms. The van der Waals surface area contributed by atoms with E-state index in [0.717, 1.165) is 0 Å². The van der Waals surface area contributed by atoms with Crippen LogP contribution in [-0.2, 0) is 4.79 Å². The zero-order valence-electron chi connectivity index (χ0n) is 12.2. The van der Waals surface area contributed by atoms with Crippen LogP contribution in [0.3, 0.4) is 0 Å². The minimum absolute atomic E-state index is 0.00612. The summed E-state index contributed by atoms with van der Waals surface area (Å²) in [5.74, 6) is -0.353. The lowest BCUT2D eigenvalue weighted by atomic mass is 10.1. The van der Waals surface area contributed by atoms with Crippen molar-refractivity contribution in [1.29, 1.82) is 0 Å². The van der Waals surface area contributed by atoms with E-state index in [1.807, 2.05) is 0 Å². The molecule has 8 heteroatoms. The van der Waals surface area contributed by atoms with Gasteiger partial charge in [0.25, 0.3) is 5.91 Å². The number of aromatic hydroxyl groups is 1. The summed E-state index contributed by atoms with van der Waals surface area (Å²) in [5, 5.41) is 24.0. The number of amides is 1. The molecule has 1 saturated heterocycles. The lowest BCUT2D eigenvalue weighted by molar-refractivity contribution is -0.115. The molecule has 0 atom stereocenters. The minimum Gasteiger partial charge on any atom is -0.507 e. The molecule has 0 radical (unpaired) electrons. The minimum atomic E-state index is -0.359. The van der Waals surface area contributed by atoms with Crippen LogP contribution in [0.1, 0.15) is 5.56 Å². The van der Waals surface area contributed by atoms with Gasteiger partial charge in [-0.2, -0.15) is 5.11 Å². The van der Waals surface area contributed by atoms with Crippen molar-refractivity contribution < 1.29 is 9.90 Å². The third kappa shape index (κ3) is 3.58. The number of nitrogens with one attached hydrogen (secondary N) is 2. The van der Waals surface area contributed by atoms with Crippen LogP contribution in [-0.4, -0.2) is 16.1 Å². The number of phenols is 1. The van der Waals surface area contributed by atoms with Crippen LogP contribution in [0.5, 0.6) is 5.75 Å². The maximum atomic E-state index is 11.7. The average Bonchev–Trinajstić information content (AvgIpc) is 2.87. The quantitative estimate of drug-likeness (QED) is 0.442. The number of azo groups is 1. The predicted octanol–water partition coefficient (Wildman–Crippen LogP) is 3.81. The smallest absolute Gasteiger partial charge is 0.273 e. The van der Waals surface area contributed by atoms with Gasteiger partial charge < -0.3 is 10.4 Å². The molecule has 3 rings (SSSR count). The highest BCUT2D eigenvalue weighted by atomic mass is 35.5. The summed E-state index contributed by atoms with van der Waals surface area (Å²) in [4.78, 5) is 11.7. The standard InChI is InChI=1S/C16H11ClN4O2S/c17-11-3-1-2-4-12(11)21-20-10-5-6-14(22)9(7-10)8-13-15(23)19-16(24)18-13/h1-8,22H,(H2,18,19,23,24)/b13-8+,21-20?. The summed E-state index contributed by atoms with van der Waals surface area (Å²) in [6.45, 7) is 0. The number of nitrogens with zero attached hydrogens (tertiary/aromatic N) is 2. The normalized spacial score (nSPS) is 15.8. The van der Waals surface area contributed by atoms with Crippen LogP contribution >= 0.6 is 23.8 Å². The number of hydrogen-bond acceptors (Lipinski definition) is 5. The summed E-state index contributed by atoms with van der Waals surface area (Å²) >= 11 is 10.9. The zero-order valence-corrected chi connectivity index (χ0v) is 13.7. The number of carbonyl (C=O) groups is 1. The summed E-state index contributed by atoms with van der Waals surface area (Å²) in [6, 6.07) is 11.7. The van der Waals surface area contributed by atoms with E-state index in [9.17, 15) is 9.90 Å². The van der Waals surface area contributed by atoms with Gasteiger partial charge in [0.05, 0.1) is 10.7 Å². The molecule has 1 heterocycles. The highest BCUT2D eigenvalue weighted by Crippen LogP contribution is 2.29. The topological polar surface area (TPSA) is 86.1 Å². The fourth-order valence-corrected chi connectivity index (χ4v) is 2.38. The van der Waals surface area contributed by atoms with E-state index >= 15 is 0 Å². The van der Waals surface area contributed by atoms with Crippen LogP contribution < -0.4 is 10.6 Å². The number of thiocarbonyl (C=S) groups is 1. The Hall–Kier alpha value is -2.77. The molecular weight excluding hydrogens is 348 g/mol. The SMILES string of the molecule is O=C1NC(=S)N/C1=C/c1cc(N=Nc2ccccc2Cl)ccc1O. The van der Waals surface area contributed by atoms with Crippen molar-refractivity contribution in [3.8, 4) is 5.75 Å². The Bertz CT molecular complexity index is 895. The monoisotopic (exact) mass is 358 g/mol. The Morgan fingerprint density at radius 1 is 1.12 bits per heavy atom. The molecule has 1 aliphatic rings. The summed E-state index contributed by atoms with van der Waals surface area (Å²) in [7, 11) is 0. The molecule has 0 saturated carbocycles. The van der Waals surface area contributed by atoms with Gasteiger partial charge in [-0.1, -0.05) is 23.7 Å². The van der Waals surface area contributed by atoms with Gasteiger partial charge in [0, 0.05) is 5.56 Å². The fourth-order valence-electron chi connectivity index (χ4n) is 2.00. The van der Waals surface area contributed by atoms with E-state index in [-0.39, 0.29) is 22.5 Å². The molecule has 0 spiro atoms. The predicted molar refractivity (Wildman–Crippen MR) is 95.6 cm³/mol. The summed E-state index contributed by atoms with van der Waals surface area (Å²) in [6.07, 6.45) is 1.48. The number of halogens is 1. The number of benzene rings is 2. The lowest BCUT2D eigenvalue weighted by Crippen LogP contribution is -2.21. The molecule has 1 amide bonds. The van der Waals surface area contributed by atoms with E-state index in [0.29, 0.717) is 22.0 Å². The number of rotatable bonds is 3. The zero-order chi connectivity index (χ0) is 17.1. The molecule has 0 aliphatic carbocycles. The van der Waals surface area contributed by atoms with E-state index in [1.54, 1.807) is 36.4 Å². The molecule has 2 aromatic carbocycles. The first-order valence-corrected chi connectivity index (χ1v) is 7.65. The van der Waals surface area contributed by atoms with Crippen LogP contribution in [0, 0.1) is 0 Å². The Morgan fingerprint density at radius 2 is 1.92 bits per heavy atom. The van der Waals surface area contributed by atoms with Crippen LogP contribution in [0.25, 0.3) is 6.08 Å². The molecule has 6 nitrogen and oxygen atoms in total. The van der Waals surface area contributed by atoms with E-state index in [4.69, 9.17) is 23.8 Å². The molecule has 24 heavy (non-hydrogen) atoms. The Morgan fingerprint density at radius 3 is 2.62 bits per heavy atom. The van der Waals surface area contributed by atoms with Gasteiger partial charge >= 0.3 is 0 Å². The van der Waals surface area contributed by atoms with Gasteiger partial charge in [-0.25, -0.2) is 0 Å². The van der Waals surface area contributed by atoms with Crippen molar-refractivity contribution in [3.05, 3.63) is 58.7 Å². The first-order chi connectivity index (χ1) is 11.5. The van der Waals surface area contributed by atoms with E-state index < -0.39 is 0 Å². The molecule has 120 valence electrons. The van der Waals surface area contributed by atoms with Gasteiger partial charge in [-0.15, -0.1) is 5.11 Å². The van der Waals surface area contributed by atoms with Crippen molar-refractivity contribution in [1.82, 2.24) is 10.6 Å². The van der Waals surface area contributed by atoms with Crippen LogP contribution in [0.2, 0.25) is 5.02 Å². The van der Waals surface area contributed by atoms with E-state index in [1.165, 1.54) is 12.1 Å². The lowest BCUT2D eigenvalue weighted by Gasteiger charge is -2.02. The molecule has 1 fully saturated rings. The average molecular weight is 359 g/mol. The Labute approximate surface area is 147 Å². The second-order valence-corrected chi connectivity index (χ2v) is 5.68. The van der Waals surface area contributed by atoms with Crippen molar-refractivity contribution in [2.75, 3.05) is 0 Å². The van der Waals surface area contributed by atoms with Crippen LogP contribution in [0.15, 0.2) is 58.4 Å². The van der Waals surface area contributed by atoms with Gasteiger partial charge in [0.1, 0.15) is 17.1 Å². The molecule has 3 N–H and O–H groups in total. The van der Waals surface area contributed by atoms with Crippen molar-refractivity contribution in [2.24, 2.45) is 10.2 Å². The fraction of sp³-hybridized carbons (Fsp3) is 0. The first kappa shape index (κ1) is 16.1. The second kappa shape index (κ2) is 6.77. The highest BCUT2D eigenvalue weighted by molar-refractivity contribution is 7.80. The number of hydrogen-bond donors (Lipinski definition) is 3.